The molecule has 0 spiro atoms. The Hall–Kier alpha value is -1.66. The number of methoxy groups -OCH3 is 1. The molecule has 0 aliphatic heterocycles. The average Bonchev–Trinajstić information content (AvgIpc) is 2.46. The molecule has 104 valence electrons. The molecule has 0 amide bonds. The van der Waals surface area contributed by atoms with Crippen molar-refractivity contribution < 1.29 is 9.47 Å². The predicted molar refractivity (Wildman–Crippen MR) is 85.2 cm³/mol. The summed E-state index contributed by atoms with van der Waals surface area (Å²) in [5, 5.41) is 0. The summed E-state index contributed by atoms with van der Waals surface area (Å²) in [6, 6.07) is 9.22. The molecule has 1 heterocycles. The zero-order valence-corrected chi connectivity index (χ0v) is 13.2. The summed E-state index contributed by atoms with van der Waals surface area (Å²) in [5.74, 6) is 1.50. The van der Waals surface area contributed by atoms with Gasteiger partial charge in [-0.25, -0.2) is 0 Å². The number of benzene rings is 1. The average molecular weight is 353 g/mol. The summed E-state index contributed by atoms with van der Waals surface area (Å²) in [6.07, 6.45) is 1.66. The van der Waals surface area contributed by atoms with Crippen molar-refractivity contribution in [3.05, 3.63) is 52.3 Å². The van der Waals surface area contributed by atoms with Crippen LogP contribution < -0.4 is 15.2 Å². The number of ether oxygens (including phenoxy) is 2. The lowest BCUT2D eigenvalue weighted by Crippen LogP contribution is -2.12. The maximum absolute atomic E-state index is 5.74. The molecular weight excluding hydrogens is 340 g/mol. The Kier molecular flexibility index (Phi) is 4.92. The Balaban J connectivity index is 2.09. The van der Waals surface area contributed by atoms with Crippen molar-refractivity contribution in [2.75, 3.05) is 7.11 Å². The minimum Gasteiger partial charge on any atom is -0.497 e. The SMILES string of the molecule is COc1ccc(OCc2ccnc(C(N)=S)c2)c(Br)c1. The van der Waals surface area contributed by atoms with E-state index >= 15 is 0 Å². The lowest BCUT2D eigenvalue weighted by Gasteiger charge is -2.10. The minimum atomic E-state index is 0.275. The maximum Gasteiger partial charge on any atom is 0.134 e. The molecule has 20 heavy (non-hydrogen) atoms. The van der Waals surface area contributed by atoms with Gasteiger partial charge in [-0.05, 0) is 51.8 Å². The molecule has 0 atom stereocenters. The van der Waals surface area contributed by atoms with Crippen LogP contribution in [0.5, 0.6) is 11.5 Å². The molecule has 1 aromatic carbocycles. The van der Waals surface area contributed by atoms with E-state index in [9.17, 15) is 0 Å². The molecule has 2 N–H and O–H groups in total. The topological polar surface area (TPSA) is 57.4 Å². The van der Waals surface area contributed by atoms with Crippen molar-refractivity contribution in [3.63, 3.8) is 0 Å². The predicted octanol–water partition coefficient (Wildman–Crippen LogP) is 3.07. The van der Waals surface area contributed by atoms with Crippen molar-refractivity contribution in [2.45, 2.75) is 6.61 Å². The first-order valence-electron chi connectivity index (χ1n) is 5.81. The van der Waals surface area contributed by atoms with E-state index in [1.54, 1.807) is 13.3 Å². The number of nitrogens with two attached hydrogens (primary N) is 1. The van der Waals surface area contributed by atoms with Gasteiger partial charge >= 0.3 is 0 Å². The van der Waals surface area contributed by atoms with Gasteiger partial charge in [-0.1, -0.05) is 12.2 Å². The van der Waals surface area contributed by atoms with Crippen molar-refractivity contribution in [1.29, 1.82) is 0 Å². The van der Waals surface area contributed by atoms with Crippen molar-refractivity contribution in [1.82, 2.24) is 4.98 Å². The van der Waals surface area contributed by atoms with Gasteiger partial charge in [0.25, 0.3) is 0 Å². The Labute approximate surface area is 131 Å². The van der Waals surface area contributed by atoms with E-state index in [1.165, 1.54) is 0 Å². The fourth-order valence-corrected chi connectivity index (χ4v) is 2.17. The van der Waals surface area contributed by atoms with E-state index < -0.39 is 0 Å². The molecule has 0 aliphatic rings. The molecule has 1 aromatic heterocycles. The number of aromatic nitrogens is 1. The van der Waals surface area contributed by atoms with Crippen molar-refractivity contribution in [3.8, 4) is 11.5 Å². The summed E-state index contributed by atoms with van der Waals surface area (Å²) in [5.41, 5.74) is 7.09. The van der Waals surface area contributed by atoms with Gasteiger partial charge in [-0.2, -0.15) is 0 Å². The lowest BCUT2D eigenvalue weighted by atomic mass is 10.2. The first-order chi connectivity index (χ1) is 9.60. The van der Waals surface area contributed by atoms with Gasteiger partial charge in [0.2, 0.25) is 0 Å². The van der Waals surface area contributed by atoms with Crippen LogP contribution in [0.15, 0.2) is 41.0 Å². The van der Waals surface area contributed by atoms with Crippen LogP contribution in [-0.4, -0.2) is 17.1 Å². The van der Waals surface area contributed by atoms with Gasteiger partial charge in [0.05, 0.1) is 17.3 Å². The second-order valence-electron chi connectivity index (χ2n) is 4.00. The van der Waals surface area contributed by atoms with Crippen LogP contribution in [-0.2, 0) is 6.61 Å². The Morgan fingerprint density at radius 2 is 2.15 bits per heavy atom. The number of pyridine rings is 1. The first-order valence-corrected chi connectivity index (χ1v) is 7.01. The highest BCUT2D eigenvalue weighted by Crippen LogP contribution is 2.29. The molecule has 0 saturated heterocycles. The quantitative estimate of drug-likeness (QED) is 0.838. The van der Waals surface area contributed by atoms with Gasteiger partial charge in [0.15, 0.2) is 0 Å². The Morgan fingerprint density at radius 3 is 2.80 bits per heavy atom. The maximum atomic E-state index is 5.74. The van der Waals surface area contributed by atoms with Crippen molar-refractivity contribution in [2.24, 2.45) is 5.73 Å². The number of nitrogens with zero attached hydrogens (tertiary/aromatic N) is 1. The van der Waals surface area contributed by atoms with Crippen LogP contribution in [0.3, 0.4) is 0 Å². The smallest absolute Gasteiger partial charge is 0.134 e. The van der Waals surface area contributed by atoms with Gasteiger partial charge in [-0.3, -0.25) is 4.98 Å². The van der Waals surface area contributed by atoms with Crippen LogP contribution in [0.1, 0.15) is 11.3 Å². The van der Waals surface area contributed by atoms with E-state index in [2.05, 4.69) is 20.9 Å². The second-order valence-corrected chi connectivity index (χ2v) is 5.29. The summed E-state index contributed by atoms with van der Waals surface area (Å²) < 4.78 is 11.7. The van der Waals surface area contributed by atoms with Crippen LogP contribution in [0.4, 0.5) is 0 Å². The van der Waals surface area contributed by atoms with E-state index in [1.807, 2.05) is 30.3 Å². The third-order valence-electron chi connectivity index (χ3n) is 2.61. The fraction of sp³-hybridized carbons (Fsp3) is 0.143. The normalized spacial score (nSPS) is 10.1. The van der Waals surface area contributed by atoms with Crippen LogP contribution in [0.25, 0.3) is 0 Å². The third kappa shape index (κ3) is 3.68. The van der Waals surface area contributed by atoms with Gasteiger partial charge < -0.3 is 15.2 Å². The standard InChI is InChI=1S/C14H13BrN2O2S/c1-18-10-2-3-13(11(15)7-10)19-8-9-4-5-17-12(6-9)14(16)20/h2-7H,8H2,1H3,(H2,16,20). The van der Waals surface area contributed by atoms with E-state index in [4.69, 9.17) is 27.4 Å². The van der Waals surface area contributed by atoms with Crippen LogP contribution in [0.2, 0.25) is 0 Å². The molecular formula is C14H13BrN2O2S. The molecule has 2 aromatic rings. The minimum absolute atomic E-state index is 0.275. The molecule has 0 radical (unpaired) electrons. The number of halogens is 1. The van der Waals surface area contributed by atoms with Gasteiger partial charge in [0.1, 0.15) is 23.1 Å². The zero-order valence-electron chi connectivity index (χ0n) is 10.8. The lowest BCUT2D eigenvalue weighted by molar-refractivity contribution is 0.303. The number of hydrogen-bond donors (Lipinski definition) is 1. The van der Waals surface area contributed by atoms with Gasteiger partial charge in [0, 0.05) is 6.20 Å². The molecule has 6 heteroatoms. The van der Waals surface area contributed by atoms with E-state index in [0.717, 1.165) is 21.5 Å². The number of rotatable bonds is 5. The third-order valence-corrected chi connectivity index (χ3v) is 3.44. The molecule has 2 rings (SSSR count). The highest BCUT2D eigenvalue weighted by Gasteiger charge is 2.05. The summed E-state index contributed by atoms with van der Waals surface area (Å²) in [4.78, 5) is 4.36. The number of thiocarbonyl (C=S) groups is 1. The fourth-order valence-electron chi connectivity index (χ4n) is 1.59. The summed E-state index contributed by atoms with van der Waals surface area (Å²) >= 11 is 8.34. The van der Waals surface area contributed by atoms with Crippen molar-refractivity contribution >= 4 is 33.1 Å². The largest absolute Gasteiger partial charge is 0.497 e. The Bertz CT molecular complexity index is 634. The first kappa shape index (κ1) is 14.7. The molecule has 0 fully saturated rings. The molecule has 0 unspecified atom stereocenters. The summed E-state index contributed by atoms with van der Waals surface area (Å²) in [6.45, 7) is 0.406. The highest BCUT2D eigenvalue weighted by atomic mass is 79.9. The zero-order chi connectivity index (χ0) is 14.5. The monoisotopic (exact) mass is 352 g/mol. The molecule has 0 aliphatic carbocycles. The van der Waals surface area contributed by atoms with E-state index in [0.29, 0.717) is 12.3 Å². The summed E-state index contributed by atoms with van der Waals surface area (Å²) in [7, 11) is 1.62. The molecule has 4 nitrogen and oxygen atoms in total. The number of hydrogen-bond acceptors (Lipinski definition) is 4. The molecule has 0 saturated carbocycles. The molecule has 0 bridgehead atoms. The van der Waals surface area contributed by atoms with Crippen LogP contribution >= 0.6 is 28.1 Å². The van der Waals surface area contributed by atoms with Crippen LogP contribution in [0, 0.1) is 0 Å². The van der Waals surface area contributed by atoms with Gasteiger partial charge in [-0.15, -0.1) is 0 Å². The Morgan fingerprint density at radius 1 is 1.35 bits per heavy atom. The van der Waals surface area contributed by atoms with E-state index in [-0.39, 0.29) is 4.99 Å². The highest BCUT2D eigenvalue weighted by molar-refractivity contribution is 9.10. The second kappa shape index (κ2) is 6.67.